The molecule has 5 nitrogen and oxygen atoms in total. The zero-order chi connectivity index (χ0) is 19.7. The Bertz CT molecular complexity index is 768. The van der Waals surface area contributed by atoms with E-state index < -0.39 is 21.1 Å². The van der Waals surface area contributed by atoms with Crippen molar-refractivity contribution in [1.82, 2.24) is 0 Å². The van der Waals surface area contributed by atoms with Crippen molar-refractivity contribution in [2.24, 2.45) is 5.92 Å². The Hall–Kier alpha value is -1.56. The van der Waals surface area contributed by atoms with Crippen LogP contribution < -0.4 is 9.64 Å². The van der Waals surface area contributed by atoms with Crippen molar-refractivity contribution in [3.05, 3.63) is 23.8 Å². The lowest BCUT2D eigenvalue weighted by Crippen LogP contribution is -2.53. The van der Waals surface area contributed by atoms with Crippen molar-refractivity contribution in [2.75, 3.05) is 23.0 Å². The van der Waals surface area contributed by atoms with E-state index in [1.165, 1.54) is 0 Å². The fourth-order valence-electron chi connectivity index (χ4n) is 3.96. The normalized spacial score (nSPS) is 19.3. The van der Waals surface area contributed by atoms with Crippen LogP contribution >= 0.6 is 0 Å². The van der Waals surface area contributed by atoms with E-state index in [9.17, 15) is 13.2 Å². The van der Waals surface area contributed by atoms with Crippen molar-refractivity contribution >= 4 is 21.4 Å². The first-order chi connectivity index (χ1) is 12.0. The van der Waals surface area contributed by atoms with Gasteiger partial charge in [0.2, 0.25) is 5.91 Å². The van der Waals surface area contributed by atoms with Gasteiger partial charge in [0.1, 0.15) is 11.5 Å². The van der Waals surface area contributed by atoms with Crippen molar-refractivity contribution in [3.63, 3.8) is 0 Å². The highest BCUT2D eigenvalue weighted by Gasteiger charge is 2.41. The molecule has 0 radical (unpaired) electrons. The van der Waals surface area contributed by atoms with Gasteiger partial charge in [0.05, 0.1) is 12.4 Å². The van der Waals surface area contributed by atoms with Gasteiger partial charge in [-0.05, 0) is 62.8 Å². The van der Waals surface area contributed by atoms with Gasteiger partial charge in [-0.25, -0.2) is 8.42 Å². The molecule has 1 amide bonds. The number of carbonyl (C=O) groups is 1. The third-order valence-electron chi connectivity index (χ3n) is 4.67. The Morgan fingerprint density at radius 3 is 2.58 bits per heavy atom. The maximum Gasteiger partial charge on any atom is 0.242 e. The molecule has 1 heterocycles. The number of ether oxygens (including phenoxy) is 1. The van der Waals surface area contributed by atoms with Crippen LogP contribution in [-0.4, -0.2) is 38.0 Å². The van der Waals surface area contributed by atoms with E-state index in [-0.39, 0.29) is 23.5 Å². The van der Waals surface area contributed by atoms with Crippen LogP contribution in [0.15, 0.2) is 18.2 Å². The molecule has 1 atom stereocenters. The van der Waals surface area contributed by atoms with Crippen molar-refractivity contribution in [2.45, 2.75) is 59.4 Å². The van der Waals surface area contributed by atoms with Gasteiger partial charge in [-0.3, -0.25) is 4.79 Å². The number of anilines is 1. The molecule has 1 unspecified atom stereocenters. The van der Waals surface area contributed by atoms with Crippen molar-refractivity contribution in [1.29, 1.82) is 0 Å². The lowest BCUT2D eigenvalue weighted by molar-refractivity contribution is -0.117. The topological polar surface area (TPSA) is 63.7 Å². The van der Waals surface area contributed by atoms with Gasteiger partial charge in [0.25, 0.3) is 0 Å². The number of rotatable bonds is 6. The van der Waals surface area contributed by atoms with Crippen molar-refractivity contribution < 1.29 is 17.9 Å². The number of hydrogen-bond donors (Lipinski definition) is 0. The summed E-state index contributed by atoms with van der Waals surface area (Å²) < 4.78 is 30.3. The summed E-state index contributed by atoms with van der Waals surface area (Å²) in [5.41, 5.74) is 1.39. The zero-order valence-corrected chi connectivity index (χ0v) is 17.5. The monoisotopic (exact) mass is 381 g/mol. The summed E-state index contributed by atoms with van der Waals surface area (Å²) in [5.74, 6) is 0.264. The molecule has 2 rings (SSSR count). The summed E-state index contributed by atoms with van der Waals surface area (Å²) in [4.78, 5) is 14.7. The van der Waals surface area contributed by atoms with Crippen LogP contribution in [0, 0.1) is 5.92 Å². The molecule has 1 aromatic rings. The molecule has 0 spiro atoms. The van der Waals surface area contributed by atoms with Gasteiger partial charge in [-0.15, -0.1) is 0 Å². The SMILES string of the molecule is CCOc1ccc2c(c1)C(C)CC(C)(C)N2C(=O)CS(=O)(=O)CC(C)C. The van der Waals surface area contributed by atoms with E-state index in [1.54, 1.807) is 4.90 Å². The largest absolute Gasteiger partial charge is 0.494 e. The Kier molecular flexibility index (Phi) is 6.06. The Labute approximate surface area is 157 Å². The van der Waals surface area contributed by atoms with Crippen LogP contribution in [0.1, 0.15) is 59.4 Å². The molecule has 1 aliphatic rings. The van der Waals surface area contributed by atoms with Crippen LogP contribution in [0.3, 0.4) is 0 Å². The molecule has 0 aromatic heterocycles. The minimum Gasteiger partial charge on any atom is -0.494 e. The molecular weight excluding hydrogens is 350 g/mol. The highest BCUT2D eigenvalue weighted by Crippen LogP contribution is 2.44. The summed E-state index contributed by atoms with van der Waals surface area (Å²) in [7, 11) is -3.43. The molecule has 0 bridgehead atoms. The van der Waals surface area contributed by atoms with Gasteiger partial charge in [0, 0.05) is 11.2 Å². The second-order valence-electron chi connectivity index (χ2n) is 8.25. The van der Waals surface area contributed by atoms with E-state index in [0.717, 1.165) is 23.4 Å². The fraction of sp³-hybridized carbons (Fsp3) is 0.650. The summed E-state index contributed by atoms with van der Waals surface area (Å²) in [6.45, 7) is 12.3. The lowest BCUT2D eigenvalue weighted by atomic mass is 9.80. The second kappa shape index (κ2) is 7.59. The molecule has 0 N–H and O–H groups in total. The Morgan fingerprint density at radius 2 is 2.00 bits per heavy atom. The van der Waals surface area contributed by atoms with Crippen LogP contribution in [0.25, 0.3) is 0 Å². The predicted molar refractivity (Wildman–Crippen MR) is 106 cm³/mol. The third-order valence-corrected chi connectivity index (χ3v) is 6.53. The van der Waals surface area contributed by atoms with E-state index in [4.69, 9.17) is 4.74 Å². The molecule has 0 saturated heterocycles. The molecule has 0 aliphatic carbocycles. The van der Waals surface area contributed by atoms with Crippen molar-refractivity contribution in [3.8, 4) is 5.75 Å². The number of carbonyl (C=O) groups excluding carboxylic acids is 1. The minimum absolute atomic E-state index is 0.00299. The fourth-order valence-corrected chi connectivity index (χ4v) is 5.59. The van der Waals surface area contributed by atoms with Gasteiger partial charge >= 0.3 is 0 Å². The standard InChI is InChI=1S/C20H31NO4S/c1-7-25-16-8-9-18-17(10-16)15(4)11-20(5,6)21(18)19(22)13-26(23,24)12-14(2)3/h8-10,14-15H,7,11-13H2,1-6H3. The number of sulfone groups is 1. The van der Waals surface area contributed by atoms with E-state index in [1.807, 2.05) is 52.8 Å². The third kappa shape index (κ3) is 4.58. The van der Waals surface area contributed by atoms with Crippen LogP contribution in [0.4, 0.5) is 5.69 Å². The lowest BCUT2D eigenvalue weighted by Gasteiger charge is -2.46. The highest BCUT2D eigenvalue weighted by molar-refractivity contribution is 7.92. The number of fused-ring (bicyclic) bond motifs is 1. The molecule has 0 saturated carbocycles. The number of hydrogen-bond acceptors (Lipinski definition) is 4. The predicted octanol–water partition coefficient (Wildman–Crippen LogP) is 3.77. The number of nitrogens with zero attached hydrogens (tertiary/aromatic N) is 1. The Balaban J connectivity index is 2.41. The zero-order valence-electron chi connectivity index (χ0n) is 16.7. The second-order valence-corrected chi connectivity index (χ2v) is 10.4. The van der Waals surface area contributed by atoms with Gasteiger partial charge < -0.3 is 9.64 Å². The first-order valence-electron chi connectivity index (χ1n) is 9.27. The summed E-state index contributed by atoms with van der Waals surface area (Å²) in [6, 6.07) is 5.70. The van der Waals surface area contributed by atoms with Gasteiger partial charge in [-0.1, -0.05) is 20.8 Å². The Morgan fingerprint density at radius 1 is 1.35 bits per heavy atom. The first kappa shape index (κ1) is 20.7. The highest BCUT2D eigenvalue weighted by atomic mass is 32.2. The van der Waals surface area contributed by atoms with E-state index >= 15 is 0 Å². The van der Waals surface area contributed by atoms with Gasteiger partial charge in [0.15, 0.2) is 9.84 Å². The summed E-state index contributed by atoms with van der Waals surface area (Å²) in [6.07, 6.45) is 0.769. The van der Waals surface area contributed by atoms with E-state index in [2.05, 4.69) is 6.92 Å². The minimum atomic E-state index is -3.43. The van der Waals surface area contributed by atoms with Crippen LogP contribution in [0.2, 0.25) is 0 Å². The maximum atomic E-state index is 13.0. The molecule has 1 aromatic carbocycles. The molecule has 26 heavy (non-hydrogen) atoms. The number of benzene rings is 1. The first-order valence-corrected chi connectivity index (χ1v) is 11.1. The van der Waals surface area contributed by atoms with E-state index in [0.29, 0.717) is 6.61 Å². The molecular formula is C20H31NO4S. The molecule has 1 aliphatic heterocycles. The van der Waals surface area contributed by atoms with Crippen LogP contribution in [0.5, 0.6) is 5.75 Å². The summed E-state index contributed by atoms with van der Waals surface area (Å²) >= 11 is 0. The molecule has 6 heteroatoms. The smallest absolute Gasteiger partial charge is 0.242 e. The maximum absolute atomic E-state index is 13.0. The summed E-state index contributed by atoms with van der Waals surface area (Å²) in [5, 5.41) is 0. The molecule has 0 fully saturated rings. The van der Waals surface area contributed by atoms with Crippen LogP contribution in [-0.2, 0) is 14.6 Å². The average Bonchev–Trinajstić information content (AvgIpc) is 2.45. The van der Waals surface area contributed by atoms with Gasteiger partial charge in [-0.2, -0.15) is 0 Å². The quantitative estimate of drug-likeness (QED) is 0.752. The molecule has 146 valence electrons. The number of amides is 1. The average molecular weight is 382 g/mol.